The summed E-state index contributed by atoms with van der Waals surface area (Å²) in [6, 6.07) is 0.822. The third-order valence-corrected chi connectivity index (χ3v) is 5.72. The number of rotatable bonds is 5. The van der Waals surface area contributed by atoms with E-state index in [9.17, 15) is 18.4 Å². The predicted molar refractivity (Wildman–Crippen MR) is 92.9 cm³/mol. The molecule has 0 spiro atoms. The van der Waals surface area contributed by atoms with Crippen molar-refractivity contribution < 1.29 is 18.4 Å². The van der Waals surface area contributed by atoms with Crippen molar-refractivity contribution in [3.05, 3.63) is 17.5 Å². The molecular weight excluding hydrogens is 356 g/mol. The lowest BCUT2D eigenvalue weighted by Gasteiger charge is -2.45. The molecule has 2 saturated heterocycles. The minimum atomic E-state index is -2.88. The van der Waals surface area contributed by atoms with Crippen molar-refractivity contribution in [3.63, 3.8) is 0 Å². The number of aromatic nitrogens is 2. The Morgan fingerprint density at radius 1 is 1.33 bits per heavy atom. The molecule has 7 nitrogen and oxygen atoms in total. The quantitative estimate of drug-likeness (QED) is 0.814. The van der Waals surface area contributed by atoms with Crippen LogP contribution in [0.1, 0.15) is 30.7 Å². The fourth-order valence-corrected chi connectivity index (χ4v) is 4.03. The van der Waals surface area contributed by atoms with E-state index in [1.807, 2.05) is 13.0 Å². The van der Waals surface area contributed by atoms with Gasteiger partial charge in [-0.3, -0.25) is 19.2 Å². The van der Waals surface area contributed by atoms with Gasteiger partial charge in [-0.1, -0.05) is 0 Å². The topological polar surface area (TPSA) is 70.5 Å². The first-order valence-electron chi connectivity index (χ1n) is 9.43. The lowest BCUT2D eigenvalue weighted by molar-refractivity contribution is -0.141. The van der Waals surface area contributed by atoms with Crippen LogP contribution in [0.25, 0.3) is 0 Å². The fourth-order valence-electron chi connectivity index (χ4n) is 4.03. The molecule has 0 unspecified atom stereocenters. The summed E-state index contributed by atoms with van der Waals surface area (Å²) >= 11 is 0. The van der Waals surface area contributed by atoms with E-state index >= 15 is 0 Å². The fraction of sp³-hybridized carbons (Fsp3) is 0.722. The lowest BCUT2D eigenvalue weighted by Crippen LogP contribution is -2.64. The van der Waals surface area contributed by atoms with Crippen LogP contribution in [-0.4, -0.2) is 69.0 Å². The monoisotopic (exact) mass is 381 g/mol. The number of aryl methyl sites for hydroxylation is 2. The highest BCUT2D eigenvalue weighted by molar-refractivity contribution is 5.83. The molecule has 0 aromatic carbocycles. The van der Waals surface area contributed by atoms with Gasteiger partial charge < -0.3 is 10.2 Å². The first-order valence-corrected chi connectivity index (χ1v) is 9.43. The molecule has 1 aliphatic carbocycles. The number of hydrogen-bond donors (Lipinski definition) is 1. The minimum Gasteiger partial charge on any atom is -0.349 e. The van der Waals surface area contributed by atoms with Crippen LogP contribution < -0.4 is 5.32 Å². The lowest BCUT2D eigenvalue weighted by atomic mass is 10.0. The van der Waals surface area contributed by atoms with Crippen molar-refractivity contribution >= 4 is 11.8 Å². The zero-order valence-electron chi connectivity index (χ0n) is 15.6. The molecule has 1 saturated carbocycles. The second-order valence-electron chi connectivity index (χ2n) is 8.04. The number of nitrogens with zero attached hydrogens (tertiary/aromatic N) is 4. The number of carbonyl (C=O) groups is 2. The van der Waals surface area contributed by atoms with Gasteiger partial charge >= 0.3 is 0 Å². The van der Waals surface area contributed by atoms with Crippen LogP contribution >= 0.6 is 0 Å². The van der Waals surface area contributed by atoms with E-state index in [4.69, 9.17) is 0 Å². The van der Waals surface area contributed by atoms with E-state index in [1.165, 1.54) is 0 Å². The van der Waals surface area contributed by atoms with Crippen molar-refractivity contribution in [1.29, 1.82) is 0 Å². The molecule has 3 fully saturated rings. The summed E-state index contributed by atoms with van der Waals surface area (Å²) in [5.41, 5.74) is 1.66. The number of hydrogen-bond acceptors (Lipinski definition) is 4. The van der Waals surface area contributed by atoms with Gasteiger partial charge in [-0.25, -0.2) is 8.78 Å². The summed E-state index contributed by atoms with van der Waals surface area (Å²) in [5, 5.41) is 6.99. The molecule has 27 heavy (non-hydrogen) atoms. The summed E-state index contributed by atoms with van der Waals surface area (Å²) in [4.78, 5) is 28.0. The maximum Gasteiger partial charge on any atom is 0.262 e. The summed E-state index contributed by atoms with van der Waals surface area (Å²) in [6.45, 7) is 2.57. The summed E-state index contributed by atoms with van der Waals surface area (Å²) in [6.07, 6.45) is 1.39. The second-order valence-corrected chi connectivity index (χ2v) is 8.04. The Labute approximate surface area is 156 Å². The zero-order chi connectivity index (χ0) is 19.3. The number of likely N-dealkylation sites (tertiary alicyclic amines) is 2. The molecule has 0 bridgehead atoms. The van der Waals surface area contributed by atoms with Crippen molar-refractivity contribution in [2.75, 3.05) is 19.6 Å². The van der Waals surface area contributed by atoms with Crippen molar-refractivity contribution in [1.82, 2.24) is 24.9 Å². The molecule has 1 N–H and O–H groups in total. The van der Waals surface area contributed by atoms with E-state index in [1.54, 1.807) is 21.5 Å². The number of halogens is 2. The average Bonchev–Trinajstić information content (AvgIpc) is 3.27. The Kier molecular flexibility index (Phi) is 4.44. The molecule has 148 valence electrons. The number of nitrogens with one attached hydrogen (secondary N) is 1. The van der Waals surface area contributed by atoms with Crippen LogP contribution in [-0.2, 0) is 23.2 Å². The third kappa shape index (κ3) is 3.69. The number of amides is 2. The first-order chi connectivity index (χ1) is 12.7. The maximum atomic E-state index is 14.0. The Hall–Kier alpha value is -2.03. The van der Waals surface area contributed by atoms with Crippen LogP contribution in [0, 0.1) is 12.8 Å². The van der Waals surface area contributed by atoms with E-state index in [2.05, 4.69) is 10.4 Å². The maximum absolute atomic E-state index is 14.0. The van der Waals surface area contributed by atoms with Crippen molar-refractivity contribution in [2.45, 2.75) is 50.7 Å². The van der Waals surface area contributed by atoms with E-state index in [0.717, 1.165) is 24.2 Å². The number of carbonyl (C=O) groups excluding carboxylic acids is 2. The molecule has 1 aromatic rings. The molecule has 0 radical (unpaired) electrons. The largest absolute Gasteiger partial charge is 0.349 e. The van der Waals surface area contributed by atoms with Gasteiger partial charge in [0.05, 0.1) is 30.5 Å². The van der Waals surface area contributed by atoms with Crippen LogP contribution in [0.5, 0.6) is 0 Å². The van der Waals surface area contributed by atoms with Crippen LogP contribution in [0.2, 0.25) is 0 Å². The van der Waals surface area contributed by atoms with Crippen LogP contribution in [0.15, 0.2) is 6.07 Å². The van der Waals surface area contributed by atoms with Gasteiger partial charge in [-0.15, -0.1) is 0 Å². The highest BCUT2D eigenvalue weighted by atomic mass is 19.3. The smallest absolute Gasteiger partial charge is 0.262 e. The Morgan fingerprint density at radius 2 is 2.04 bits per heavy atom. The van der Waals surface area contributed by atoms with E-state index < -0.39 is 30.8 Å². The van der Waals surface area contributed by atoms with Crippen LogP contribution in [0.3, 0.4) is 0 Å². The van der Waals surface area contributed by atoms with Gasteiger partial charge in [-0.05, 0) is 25.8 Å². The average molecular weight is 381 g/mol. The highest BCUT2D eigenvalue weighted by Crippen LogP contribution is 2.37. The molecule has 9 heteroatoms. The molecule has 3 aliphatic rings. The van der Waals surface area contributed by atoms with Gasteiger partial charge in [0.1, 0.15) is 0 Å². The molecule has 4 rings (SSSR count). The van der Waals surface area contributed by atoms with Gasteiger partial charge in [-0.2, -0.15) is 5.10 Å². The van der Waals surface area contributed by atoms with E-state index in [-0.39, 0.29) is 24.4 Å². The van der Waals surface area contributed by atoms with Gasteiger partial charge in [0.25, 0.3) is 5.92 Å². The summed E-state index contributed by atoms with van der Waals surface area (Å²) in [5.74, 6) is -3.01. The van der Waals surface area contributed by atoms with Gasteiger partial charge in [0, 0.05) is 38.5 Å². The normalized spacial score (nSPS) is 25.5. The summed E-state index contributed by atoms with van der Waals surface area (Å²) in [7, 11) is 1.78. The van der Waals surface area contributed by atoms with Gasteiger partial charge in [0.2, 0.25) is 11.8 Å². The first kappa shape index (κ1) is 18.3. The molecule has 1 atom stereocenters. The molecular formula is C18H25F2N5O2. The predicted octanol–water partition coefficient (Wildman–Crippen LogP) is 0.675. The Morgan fingerprint density at radius 3 is 2.63 bits per heavy atom. The minimum absolute atomic E-state index is 0.129. The highest BCUT2D eigenvalue weighted by Gasteiger charge is 2.53. The molecule has 1 aromatic heterocycles. The zero-order valence-corrected chi connectivity index (χ0v) is 15.6. The number of alkyl halides is 2. The standard InChI is InChI=1S/C18H25F2N5O2/c1-11-5-13(23(2)22-11)7-21-16(26)15-6-18(19,20)10-25(15)14-8-24(9-14)17(27)12-3-4-12/h5,12,14-15H,3-4,6-10H2,1-2H3,(H,21,26)/t15-/m0/s1. The van der Waals surface area contributed by atoms with Crippen LogP contribution in [0.4, 0.5) is 8.78 Å². The SMILES string of the molecule is Cc1cc(CNC(=O)[C@@H]2CC(F)(F)CN2C2CN(C(=O)C3CC3)C2)n(C)n1. The second kappa shape index (κ2) is 6.54. The summed E-state index contributed by atoms with van der Waals surface area (Å²) < 4.78 is 29.7. The third-order valence-electron chi connectivity index (χ3n) is 5.72. The molecule has 2 aliphatic heterocycles. The van der Waals surface area contributed by atoms with Gasteiger partial charge in [0.15, 0.2) is 0 Å². The van der Waals surface area contributed by atoms with E-state index in [0.29, 0.717) is 13.1 Å². The Bertz CT molecular complexity index is 755. The molecule has 3 heterocycles. The van der Waals surface area contributed by atoms with Crippen molar-refractivity contribution in [2.24, 2.45) is 13.0 Å². The van der Waals surface area contributed by atoms with Crippen molar-refractivity contribution in [3.8, 4) is 0 Å². The molecule has 2 amide bonds. The Balaban J connectivity index is 1.36.